The highest BCUT2D eigenvalue weighted by molar-refractivity contribution is 5.92. The van der Waals surface area contributed by atoms with Crippen LogP contribution in [-0.4, -0.2) is 12.6 Å². The van der Waals surface area contributed by atoms with E-state index in [-0.39, 0.29) is 18.7 Å². The van der Waals surface area contributed by atoms with Gasteiger partial charge in [0.15, 0.2) is 0 Å². The van der Waals surface area contributed by atoms with Gasteiger partial charge in [-0.15, -0.1) is 6.42 Å². The lowest BCUT2D eigenvalue weighted by Gasteiger charge is -2.26. The minimum absolute atomic E-state index is 0.189. The molecule has 1 aliphatic rings. The zero-order valence-corrected chi connectivity index (χ0v) is 11.4. The molecule has 2 aromatic carbocycles. The fourth-order valence-electron chi connectivity index (χ4n) is 2.50. The third kappa shape index (κ3) is 2.61. The smallest absolute Gasteiger partial charge is 0.339 e. The summed E-state index contributed by atoms with van der Waals surface area (Å²) in [5.41, 5.74) is 2.47. The van der Waals surface area contributed by atoms with Crippen LogP contribution in [0.5, 0.6) is 5.75 Å². The van der Waals surface area contributed by atoms with Gasteiger partial charge in [-0.2, -0.15) is 0 Å². The molecule has 1 atom stereocenters. The summed E-state index contributed by atoms with van der Waals surface area (Å²) >= 11 is 0. The van der Waals surface area contributed by atoms with Crippen LogP contribution in [-0.2, 0) is 11.2 Å². The molecule has 0 radical (unpaired) electrons. The van der Waals surface area contributed by atoms with E-state index in [2.05, 4.69) is 5.92 Å². The average molecular weight is 278 g/mol. The van der Waals surface area contributed by atoms with Gasteiger partial charge in [-0.3, -0.25) is 0 Å². The monoisotopic (exact) mass is 278 g/mol. The molecular weight excluding hydrogens is 264 g/mol. The van der Waals surface area contributed by atoms with Crippen molar-refractivity contribution in [2.45, 2.75) is 12.5 Å². The molecule has 3 heteroatoms. The molecule has 0 spiro atoms. The Morgan fingerprint density at radius 2 is 1.95 bits per heavy atom. The van der Waals surface area contributed by atoms with Crippen LogP contribution < -0.4 is 4.74 Å². The Balaban J connectivity index is 1.93. The molecule has 21 heavy (non-hydrogen) atoms. The largest absolute Gasteiger partial charge is 0.481 e. The number of esters is 1. The number of hydrogen-bond donors (Lipinski definition) is 0. The molecule has 1 aliphatic heterocycles. The van der Waals surface area contributed by atoms with Crippen LogP contribution in [0.2, 0.25) is 0 Å². The summed E-state index contributed by atoms with van der Waals surface area (Å²) in [6, 6.07) is 15.0. The molecule has 0 aliphatic carbocycles. The lowest BCUT2D eigenvalue weighted by Crippen LogP contribution is -2.22. The zero-order valence-electron chi connectivity index (χ0n) is 11.4. The van der Waals surface area contributed by atoms with E-state index in [1.54, 1.807) is 6.07 Å². The lowest BCUT2D eigenvalue weighted by atomic mass is 9.94. The second-order valence-corrected chi connectivity index (χ2v) is 4.79. The molecular formula is C18H14O3. The van der Waals surface area contributed by atoms with Gasteiger partial charge in [-0.1, -0.05) is 42.3 Å². The topological polar surface area (TPSA) is 35.5 Å². The Morgan fingerprint density at radius 3 is 2.81 bits per heavy atom. The van der Waals surface area contributed by atoms with Crippen molar-refractivity contribution in [3.63, 3.8) is 0 Å². The van der Waals surface area contributed by atoms with Gasteiger partial charge >= 0.3 is 5.97 Å². The Kier molecular flexibility index (Phi) is 3.61. The molecule has 1 heterocycles. The number of rotatable bonds is 3. The molecule has 104 valence electrons. The van der Waals surface area contributed by atoms with Crippen LogP contribution in [0.25, 0.3) is 0 Å². The van der Waals surface area contributed by atoms with E-state index >= 15 is 0 Å². The van der Waals surface area contributed by atoms with Crippen LogP contribution in [0.15, 0.2) is 48.5 Å². The zero-order chi connectivity index (χ0) is 14.7. The maximum absolute atomic E-state index is 12.1. The Morgan fingerprint density at radius 1 is 1.19 bits per heavy atom. The fraction of sp³-hybridized carbons (Fsp3) is 0.167. The predicted octanol–water partition coefficient (Wildman–Crippen LogP) is 3.15. The number of fused-ring (bicyclic) bond motifs is 1. The highest BCUT2D eigenvalue weighted by Crippen LogP contribution is 2.35. The summed E-state index contributed by atoms with van der Waals surface area (Å²) in [4.78, 5) is 12.1. The summed E-state index contributed by atoms with van der Waals surface area (Å²) in [5.74, 6) is 2.80. The predicted molar refractivity (Wildman–Crippen MR) is 79.1 cm³/mol. The number of benzene rings is 2. The van der Waals surface area contributed by atoms with Crippen LogP contribution in [0, 0.1) is 12.3 Å². The molecule has 0 bridgehead atoms. The molecule has 1 unspecified atom stereocenters. The third-order valence-corrected chi connectivity index (χ3v) is 3.47. The first-order valence-corrected chi connectivity index (χ1v) is 6.73. The Hall–Kier alpha value is -2.73. The number of ether oxygens (including phenoxy) is 2. The van der Waals surface area contributed by atoms with E-state index in [4.69, 9.17) is 15.9 Å². The van der Waals surface area contributed by atoms with E-state index in [0.29, 0.717) is 17.7 Å². The second kappa shape index (κ2) is 5.72. The van der Waals surface area contributed by atoms with Gasteiger partial charge < -0.3 is 9.47 Å². The molecule has 3 rings (SSSR count). The molecule has 0 aromatic heterocycles. The number of hydrogen-bond acceptors (Lipinski definition) is 3. The van der Waals surface area contributed by atoms with E-state index < -0.39 is 0 Å². The summed E-state index contributed by atoms with van der Waals surface area (Å²) < 4.78 is 11.1. The van der Waals surface area contributed by atoms with Crippen molar-refractivity contribution < 1.29 is 14.3 Å². The van der Waals surface area contributed by atoms with Gasteiger partial charge in [0.2, 0.25) is 0 Å². The van der Waals surface area contributed by atoms with Gasteiger partial charge in [-0.25, -0.2) is 4.79 Å². The standard InChI is InChI=1S/C18H14O3/c1-2-11-20-16-10-6-5-9-15(16)17-12-13-7-3-4-8-14(13)18(19)21-17/h1,3-10,17H,11-12H2. The first kappa shape index (κ1) is 13.3. The maximum atomic E-state index is 12.1. The highest BCUT2D eigenvalue weighted by Gasteiger charge is 2.28. The van der Waals surface area contributed by atoms with Crippen LogP contribution in [0.1, 0.15) is 27.6 Å². The van der Waals surface area contributed by atoms with Gasteiger partial charge in [0.05, 0.1) is 5.56 Å². The highest BCUT2D eigenvalue weighted by atomic mass is 16.5. The van der Waals surface area contributed by atoms with Crippen molar-refractivity contribution in [2.75, 3.05) is 6.61 Å². The van der Waals surface area contributed by atoms with E-state index in [0.717, 1.165) is 11.1 Å². The normalized spacial score (nSPS) is 16.5. The maximum Gasteiger partial charge on any atom is 0.339 e. The van der Waals surface area contributed by atoms with Crippen LogP contribution in [0.3, 0.4) is 0 Å². The van der Waals surface area contributed by atoms with Gasteiger partial charge in [0.25, 0.3) is 0 Å². The molecule has 0 N–H and O–H groups in total. The summed E-state index contributed by atoms with van der Waals surface area (Å²) in [5, 5.41) is 0. The van der Waals surface area contributed by atoms with Crippen LogP contribution >= 0.6 is 0 Å². The molecule has 2 aromatic rings. The fourth-order valence-corrected chi connectivity index (χ4v) is 2.50. The third-order valence-electron chi connectivity index (χ3n) is 3.47. The second-order valence-electron chi connectivity index (χ2n) is 4.79. The first-order valence-electron chi connectivity index (χ1n) is 6.73. The van der Waals surface area contributed by atoms with Crippen molar-refractivity contribution in [3.8, 4) is 18.1 Å². The number of carbonyl (C=O) groups excluding carboxylic acids is 1. The average Bonchev–Trinajstić information content (AvgIpc) is 2.53. The minimum Gasteiger partial charge on any atom is -0.481 e. The van der Waals surface area contributed by atoms with Crippen molar-refractivity contribution in [3.05, 3.63) is 65.2 Å². The molecule has 0 saturated carbocycles. The Labute approximate surface area is 123 Å². The van der Waals surface area contributed by atoms with Crippen molar-refractivity contribution >= 4 is 5.97 Å². The molecule has 0 fully saturated rings. The van der Waals surface area contributed by atoms with Crippen molar-refractivity contribution in [2.24, 2.45) is 0 Å². The van der Waals surface area contributed by atoms with E-state index in [1.165, 1.54) is 0 Å². The summed E-state index contributed by atoms with van der Waals surface area (Å²) in [6.07, 6.45) is 5.52. The minimum atomic E-state index is -0.346. The molecule has 0 amide bonds. The van der Waals surface area contributed by atoms with E-state index in [1.807, 2.05) is 42.5 Å². The molecule has 3 nitrogen and oxygen atoms in total. The van der Waals surface area contributed by atoms with Crippen molar-refractivity contribution in [1.29, 1.82) is 0 Å². The number of cyclic esters (lactones) is 1. The quantitative estimate of drug-likeness (QED) is 0.639. The SMILES string of the molecule is C#CCOc1ccccc1C1Cc2ccccc2C(=O)O1. The van der Waals surface area contributed by atoms with Gasteiger partial charge in [0, 0.05) is 12.0 Å². The number of terminal acetylenes is 1. The number of carbonyl (C=O) groups is 1. The summed E-state index contributed by atoms with van der Waals surface area (Å²) in [7, 11) is 0. The first-order chi connectivity index (χ1) is 10.3. The number of para-hydroxylation sites is 1. The Bertz CT molecular complexity index is 712. The van der Waals surface area contributed by atoms with Crippen molar-refractivity contribution in [1.82, 2.24) is 0 Å². The van der Waals surface area contributed by atoms with Crippen LogP contribution in [0.4, 0.5) is 0 Å². The van der Waals surface area contributed by atoms with E-state index in [9.17, 15) is 4.79 Å². The summed E-state index contributed by atoms with van der Waals surface area (Å²) in [6.45, 7) is 0.189. The lowest BCUT2D eigenvalue weighted by molar-refractivity contribution is 0.0247. The molecule has 0 saturated heterocycles. The van der Waals surface area contributed by atoms with Gasteiger partial charge in [0.1, 0.15) is 18.5 Å². The van der Waals surface area contributed by atoms with Gasteiger partial charge in [-0.05, 0) is 17.7 Å².